The molecule has 2 heteroatoms. The molecule has 2 rings (SSSR count). The van der Waals surface area contributed by atoms with Crippen molar-refractivity contribution in [3.05, 3.63) is 42.0 Å². The van der Waals surface area contributed by atoms with Crippen molar-refractivity contribution in [3.8, 4) is 6.07 Å². The topological polar surface area (TPSA) is 33.0 Å². The van der Waals surface area contributed by atoms with Crippen LogP contribution in [-0.4, -0.2) is 12.7 Å². The zero-order chi connectivity index (χ0) is 13.3. The van der Waals surface area contributed by atoms with Crippen LogP contribution in [0.25, 0.3) is 6.08 Å². The second-order valence-corrected chi connectivity index (χ2v) is 5.06. The molecule has 0 N–H and O–H groups in total. The Bertz CT molecular complexity index is 432. The van der Waals surface area contributed by atoms with Crippen molar-refractivity contribution in [2.45, 2.75) is 38.2 Å². The highest BCUT2D eigenvalue weighted by molar-refractivity contribution is 5.48. The lowest BCUT2D eigenvalue weighted by molar-refractivity contribution is 0.0416. The molecule has 19 heavy (non-hydrogen) atoms. The molecule has 1 saturated carbocycles. The van der Waals surface area contributed by atoms with Crippen LogP contribution in [0.15, 0.2) is 36.4 Å². The number of hydrogen-bond donors (Lipinski definition) is 0. The van der Waals surface area contributed by atoms with Gasteiger partial charge in [0.15, 0.2) is 0 Å². The standard InChI is InChI=1S/C17H21NO/c18-14-16-11-5-2-6-12-17(16)19-13-7-10-15-8-3-1-4-9-15/h1,3-4,7-10,16-17H,2,5-6,11-13H2/b10-7+. The van der Waals surface area contributed by atoms with Crippen molar-refractivity contribution in [1.82, 2.24) is 0 Å². The largest absolute Gasteiger partial charge is 0.373 e. The van der Waals surface area contributed by atoms with Crippen LogP contribution in [0, 0.1) is 17.2 Å². The van der Waals surface area contributed by atoms with E-state index in [0.29, 0.717) is 6.61 Å². The first kappa shape index (κ1) is 13.8. The molecular formula is C17H21NO. The van der Waals surface area contributed by atoms with Crippen molar-refractivity contribution in [2.24, 2.45) is 5.92 Å². The molecule has 0 amide bonds. The van der Waals surface area contributed by atoms with Gasteiger partial charge in [-0.05, 0) is 18.4 Å². The van der Waals surface area contributed by atoms with Gasteiger partial charge in [0, 0.05) is 0 Å². The summed E-state index contributed by atoms with van der Waals surface area (Å²) in [5, 5.41) is 9.17. The van der Waals surface area contributed by atoms with Gasteiger partial charge in [-0.25, -0.2) is 0 Å². The van der Waals surface area contributed by atoms with Crippen LogP contribution in [0.2, 0.25) is 0 Å². The van der Waals surface area contributed by atoms with Crippen molar-refractivity contribution in [3.63, 3.8) is 0 Å². The summed E-state index contributed by atoms with van der Waals surface area (Å²) in [7, 11) is 0. The first-order chi connectivity index (χ1) is 9.40. The third-order valence-electron chi connectivity index (χ3n) is 3.63. The van der Waals surface area contributed by atoms with Crippen LogP contribution in [0.1, 0.15) is 37.7 Å². The van der Waals surface area contributed by atoms with Gasteiger partial charge in [-0.2, -0.15) is 5.26 Å². The predicted molar refractivity (Wildman–Crippen MR) is 77.4 cm³/mol. The van der Waals surface area contributed by atoms with Gasteiger partial charge in [-0.15, -0.1) is 0 Å². The van der Waals surface area contributed by atoms with Gasteiger partial charge >= 0.3 is 0 Å². The SMILES string of the molecule is N#CC1CCCCCC1OC/C=C/c1ccccc1. The number of nitrogens with zero attached hydrogens (tertiary/aromatic N) is 1. The maximum absolute atomic E-state index is 9.17. The summed E-state index contributed by atoms with van der Waals surface area (Å²) in [6.45, 7) is 0.595. The van der Waals surface area contributed by atoms with E-state index in [0.717, 1.165) is 19.3 Å². The van der Waals surface area contributed by atoms with Crippen molar-refractivity contribution >= 4 is 6.08 Å². The zero-order valence-electron chi connectivity index (χ0n) is 11.3. The summed E-state index contributed by atoms with van der Waals surface area (Å²) in [5.41, 5.74) is 1.18. The number of hydrogen-bond acceptors (Lipinski definition) is 2. The Balaban J connectivity index is 1.81. The second kappa shape index (κ2) is 7.76. The van der Waals surface area contributed by atoms with E-state index in [1.54, 1.807) is 0 Å². The fraction of sp³-hybridized carbons (Fsp3) is 0.471. The van der Waals surface area contributed by atoms with Crippen LogP contribution in [0.5, 0.6) is 0 Å². The third-order valence-corrected chi connectivity index (χ3v) is 3.63. The molecule has 2 atom stereocenters. The normalized spacial score (nSPS) is 23.9. The molecule has 2 unspecified atom stereocenters. The lowest BCUT2D eigenvalue weighted by atomic mass is 9.99. The molecule has 1 aromatic carbocycles. The summed E-state index contributed by atoms with van der Waals surface area (Å²) in [6.07, 6.45) is 9.82. The van der Waals surface area contributed by atoms with Gasteiger partial charge in [0.05, 0.1) is 24.7 Å². The zero-order valence-corrected chi connectivity index (χ0v) is 11.3. The lowest BCUT2D eigenvalue weighted by Gasteiger charge is -2.18. The molecule has 0 bridgehead atoms. The Labute approximate surface area is 115 Å². The molecule has 0 saturated heterocycles. The fourth-order valence-electron chi connectivity index (χ4n) is 2.55. The van der Waals surface area contributed by atoms with E-state index in [9.17, 15) is 5.26 Å². The second-order valence-electron chi connectivity index (χ2n) is 5.06. The molecule has 0 heterocycles. The average molecular weight is 255 g/mol. The Morgan fingerprint density at radius 1 is 1.16 bits per heavy atom. The van der Waals surface area contributed by atoms with Gasteiger partial charge in [0.2, 0.25) is 0 Å². The molecule has 1 aliphatic carbocycles. The number of benzene rings is 1. The maximum Gasteiger partial charge on any atom is 0.0737 e. The number of rotatable bonds is 4. The molecule has 0 aromatic heterocycles. The highest BCUT2D eigenvalue weighted by Gasteiger charge is 2.23. The fourth-order valence-corrected chi connectivity index (χ4v) is 2.55. The van der Waals surface area contributed by atoms with E-state index in [2.05, 4.69) is 24.3 Å². The first-order valence-corrected chi connectivity index (χ1v) is 7.13. The van der Waals surface area contributed by atoms with Crippen molar-refractivity contribution in [1.29, 1.82) is 5.26 Å². The molecule has 100 valence electrons. The molecule has 0 aliphatic heterocycles. The minimum absolute atomic E-state index is 0.0765. The van der Waals surface area contributed by atoms with Crippen molar-refractivity contribution in [2.75, 3.05) is 6.61 Å². The summed E-state index contributed by atoms with van der Waals surface area (Å²) >= 11 is 0. The van der Waals surface area contributed by atoms with Crippen LogP contribution in [0.4, 0.5) is 0 Å². The lowest BCUT2D eigenvalue weighted by Crippen LogP contribution is -2.21. The number of ether oxygens (including phenoxy) is 1. The van der Waals surface area contributed by atoms with Crippen molar-refractivity contribution < 1.29 is 4.74 Å². The van der Waals surface area contributed by atoms with Gasteiger partial charge in [-0.1, -0.05) is 61.7 Å². The average Bonchev–Trinajstić information content (AvgIpc) is 2.69. The quantitative estimate of drug-likeness (QED) is 0.756. The van der Waals surface area contributed by atoms with Gasteiger partial charge in [0.25, 0.3) is 0 Å². The van der Waals surface area contributed by atoms with Crippen LogP contribution >= 0.6 is 0 Å². The molecule has 1 aliphatic rings. The van der Waals surface area contributed by atoms with E-state index in [1.807, 2.05) is 24.3 Å². The summed E-state index contributed by atoms with van der Waals surface area (Å²) in [6, 6.07) is 12.6. The Kier molecular flexibility index (Phi) is 5.65. The van der Waals surface area contributed by atoms with E-state index < -0.39 is 0 Å². The van der Waals surface area contributed by atoms with Crippen LogP contribution in [0.3, 0.4) is 0 Å². The first-order valence-electron chi connectivity index (χ1n) is 7.13. The van der Waals surface area contributed by atoms with Gasteiger partial charge in [0.1, 0.15) is 0 Å². The smallest absolute Gasteiger partial charge is 0.0737 e. The molecule has 0 radical (unpaired) electrons. The molecule has 2 nitrogen and oxygen atoms in total. The minimum atomic E-state index is 0.0765. The molecule has 1 aromatic rings. The van der Waals surface area contributed by atoms with Gasteiger partial charge < -0.3 is 4.74 Å². The number of nitriles is 1. The van der Waals surface area contributed by atoms with Crippen LogP contribution in [-0.2, 0) is 4.74 Å². The van der Waals surface area contributed by atoms with E-state index in [4.69, 9.17) is 4.74 Å². The summed E-state index contributed by atoms with van der Waals surface area (Å²) in [4.78, 5) is 0. The van der Waals surface area contributed by atoms with Crippen LogP contribution < -0.4 is 0 Å². The van der Waals surface area contributed by atoms with Gasteiger partial charge in [-0.3, -0.25) is 0 Å². The summed E-state index contributed by atoms with van der Waals surface area (Å²) < 4.78 is 5.88. The van der Waals surface area contributed by atoms with E-state index in [-0.39, 0.29) is 12.0 Å². The van der Waals surface area contributed by atoms with E-state index >= 15 is 0 Å². The minimum Gasteiger partial charge on any atom is -0.373 e. The predicted octanol–water partition coefficient (Wildman–Crippen LogP) is 4.19. The molecule has 1 fully saturated rings. The monoisotopic (exact) mass is 255 g/mol. The van der Waals surface area contributed by atoms with E-state index in [1.165, 1.54) is 18.4 Å². The highest BCUT2D eigenvalue weighted by atomic mass is 16.5. The molecule has 0 spiro atoms. The Hall–Kier alpha value is -1.59. The summed E-state index contributed by atoms with van der Waals surface area (Å²) in [5.74, 6) is 0.0765. The Morgan fingerprint density at radius 2 is 1.95 bits per heavy atom. The maximum atomic E-state index is 9.17. The molecular weight excluding hydrogens is 234 g/mol. The highest BCUT2D eigenvalue weighted by Crippen LogP contribution is 2.25. The Morgan fingerprint density at radius 3 is 2.74 bits per heavy atom. The third kappa shape index (κ3) is 4.54.